The van der Waals surface area contributed by atoms with Crippen LogP contribution in [0.4, 0.5) is 0 Å². The Hall–Kier alpha value is -5.38. The largest absolute Gasteiger partial charge is 0.478 e. The predicted molar refractivity (Wildman–Crippen MR) is 128 cm³/mol. The normalized spacial score (nSPS) is 9.56. The first kappa shape index (κ1) is 28.7. The molecule has 0 atom stereocenters. The summed E-state index contributed by atoms with van der Waals surface area (Å²) < 4.78 is 0. The second-order valence-electron chi connectivity index (χ2n) is 6.66. The van der Waals surface area contributed by atoms with Gasteiger partial charge in [-0.05, 0) is 42.0 Å². The van der Waals surface area contributed by atoms with Gasteiger partial charge in [0, 0.05) is 17.2 Å². The molecule has 0 spiro atoms. The van der Waals surface area contributed by atoms with E-state index in [1.807, 2.05) is 0 Å². The molecular weight excluding hydrogens is 472 g/mol. The summed E-state index contributed by atoms with van der Waals surface area (Å²) in [5.74, 6) is -4.18. The van der Waals surface area contributed by atoms with Gasteiger partial charge in [0.1, 0.15) is 12.6 Å². The second kappa shape index (κ2) is 14.7. The van der Waals surface area contributed by atoms with E-state index >= 15 is 0 Å². The highest BCUT2D eigenvalue weighted by molar-refractivity contribution is 5.94. The van der Waals surface area contributed by atoms with Gasteiger partial charge in [0.25, 0.3) is 0 Å². The number of aliphatic carboxylic acids is 1. The van der Waals surface area contributed by atoms with Crippen LogP contribution in [-0.2, 0) is 4.79 Å². The van der Waals surface area contributed by atoms with Crippen molar-refractivity contribution < 1.29 is 49.2 Å². The molecule has 0 aromatic heterocycles. The van der Waals surface area contributed by atoms with Gasteiger partial charge in [-0.1, -0.05) is 42.5 Å². The maximum Gasteiger partial charge on any atom is 0.336 e. The van der Waals surface area contributed by atoms with E-state index in [1.54, 1.807) is 24.3 Å². The van der Waals surface area contributed by atoms with Crippen molar-refractivity contribution in [1.82, 2.24) is 0 Å². The number of carboxylic acids is 4. The number of carboxylic acid groups (broad SMARTS) is 4. The summed E-state index contributed by atoms with van der Waals surface area (Å²) in [7, 11) is 0. The number of hydrogen-bond acceptors (Lipinski definition) is 6. The van der Waals surface area contributed by atoms with E-state index in [9.17, 15) is 28.8 Å². The Morgan fingerprint density at radius 1 is 0.583 bits per heavy atom. The molecule has 3 aromatic rings. The molecule has 4 N–H and O–H groups in total. The highest BCUT2D eigenvalue weighted by Crippen LogP contribution is 2.10. The standard InChI is InChI=1S/C10H8O4.2C8H6O3/c11-9(12)6-5-7-3-1-2-4-8(7)10(13)14;9-5-6-1-3-7(4-2-6)8(10)11;9-5-6-2-1-3-7(4-6)8(10)11/h1-6H,(H,11,12)(H,13,14);2*1-5H,(H,10,11). The van der Waals surface area contributed by atoms with Crippen molar-refractivity contribution >= 4 is 42.5 Å². The van der Waals surface area contributed by atoms with Crippen molar-refractivity contribution in [3.05, 3.63) is 112 Å². The molecule has 0 unspecified atom stereocenters. The van der Waals surface area contributed by atoms with Crippen LogP contribution in [0.5, 0.6) is 0 Å². The number of carbonyl (C=O) groups is 6. The molecule has 0 saturated carbocycles. The Morgan fingerprint density at radius 3 is 1.67 bits per heavy atom. The molecule has 0 heterocycles. The minimum absolute atomic E-state index is 0.0880. The predicted octanol–water partition coefficient (Wildman–Crippen LogP) is 3.88. The third kappa shape index (κ3) is 10.0. The van der Waals surface area contributed by atoms with E-state index in [2.05, 4.69) is 0 Å². The lowest BCUT2D eigenvalue weighted by atomic mass is 10.1. The maximum absolute atomic E-state index is 10.7. The van der Waals surface area contributed by atoms with Gasteiger partial charge in [0.05, 0.1) is 16.7 Å². The fourth-order valence-corrected chi connectivity index (χ4v) is 2.45. The van der Waals surface area contributed by atoms with Crippen LogP contribution in [0.3, 0.4) is 0 Å². The lowest BCUT2D eigenvalue weighted by Crippen LogP contribution is -1.99. The number of aldehydes is 2. The van der Waals surface area contributed by atoms with E-state index in [1.165, 1.54) is 54.6 Å². The summed E-state index contributed by atoms with van der Waals surface area (Å²) in [5.41, 5.74) is 1.65. The van der Waals surface area contributed by atoms with Crippen molar-refractivity contribution in [1.29, 1.82) is 0 Å². The molecule has 0 aliphatic heterocycles. The minimum atomic E-state index is -1.11. The quantitative estimate of drug-likeness (QED) is 0.279. The fourth-order valence-electron chi connectivity index (χ4n) is 2.45. The van der Waals surface area contributed by atoms with Crippen LogP contribution < -0.4 is 0 Å². The lowest BCUT2D eigenvalue weighted by Gasteiger charge is -1.98. The van der Waals surface area contributed by atoms with Crippen LogP contribution in [-0.4, -0.2) is 56.9 Å². The summed E-state index contributed by atoms with van der Waals surface area (Å²) in [6, 6.07) is 17.8. The Balaban J connectivity index is 0.000000273. The van der Waals surface area contributed by atoms with Crippen molar-refractivity contribution in [3.8, 4) is 0 Å². The Kier molecular flexibility index (Phi) is 11.7. The molecule has 0 aliphatic rings. The average Bonchev–Trinajstić information content (AvgIpc) is 2.88. The van der Waals surface area contributed by atoms with Gasteiger partial charge in [0.2, 0.25) is 0 Å². The Morgan fingerprint density at radius 2 is 1.17 bits per heavy atom. The third-order valence-electron chi connectivity index (χ3n) is 4.16. The number of hydrogen-bond donors (Lipinski definition) is 4. The van der Waals surface area contributed by atoms with E-state index < -0.39 is 23.9 Å². The van der Waals surface area contributed by atoms with E-state index in [-0.39, 0.29) is 16.7 Å². The lowest BCUT2D eigenvalue weighted by molar-refractivity contribution is -0.131. The van der Waals surface area contributed by atoms with E-state index in [0.29, 0.717) is 29.3 Å². The van der Waals surface area contributed by atoms with Crippen molar-refractivity contribution in [3.63, 3.8) is 0 Å². The van der Waals surface area contributed by atoms with Crippen LogP contribution >= 0.6 is 0 Å². The number of aromatic carboxylic acids is 3. The highest BCUT2D eigenvalue weighted by atomic mass is 16.4. The summed E-state index contributed by atoms with van der Waals surface area (Å²) in [5, 5.41) is 34.1. The average molecular weight is 492 g/mol. The SMILES string of the molecule is O=C(O)C=Cc1ccccc1C(=O)O.O=Cc1ccc(C(=O)O)cc1.O=Cc1cccc(C(=O)O)c1. The molecule has 0 aliphatic carbocycles. The molecule has 0 amide bonds. The van der Waals surface area contributed by atoms with Crippen LogP contribution in [0.1, 0.15) is 57.4 Å². The first-order valence-electron chi connectivity index (χ1n) is 9.89. The minimum Gasteiger partial charge on any atom is -0.478 e. The zero-order valence-corrected chi connectivity index (χ0v) is 18.5. The van der Waals surface area contributed by atoms with Crippen LogP contribution in [0.25, 0.3) is 6.08 Å². The number of carbonyl (C=O) groups excluding carboxylic acids is 2. The Bertz CT molecular complexity index is 1270. The second-order valence-corrected chi connectivity index (χ2v) is 6.66. The molecule has 0 bridgehead atoms. The first-order valence-corrected chi connectivity index (χ1v) is 9.89. The molecular formula is C26H20O10. The highest BCUT2D eigenvalue weighted by Gasteiger charge is 2.06. The van der Waals surface area contributed by atoms with Crippen LogP contribution in [0.2, 0.25) is 0 Å². The topological polar surface area (TPSA) is 183 Å². The smallest absolute Gasteiger partial charge is 0.336 e. The monoisotopic (exact) mass is 492 g/mol. The number of benzene rings is 3. The summed E-state index contributed by atoms with van der Waals surface area (Å²) in [4.78, 5) is 61.9. The Labute approximate surface area is 204 Å². The molecule has 0 saturated heterocycles. The summed E-state index contributed by atoms with van der Waals surface area (Å²) in [6.45, 7) is 0. The van der Waals surface area contributed by atoms with Crippen molar-refractivity contribution in [2.75, 3.05) is 0 Å². The molecule has 3 rings (SSSR count). The van der Waals surface area contributed by atoms with Gasteiger partial charge in [-0.25, -0.2) is 19.2 Å². The third-order valence-corrected chi connectivity index (χ3v) is 4.16. The van der Waals surface area contributed by atoms with E-state index in [0.717, 1.165) is 6.08 Å². The molecule has 184 valence electrons. The molecule has 0 radical (unpaired) electrons. The molecule has 10 nitrogen and oxygen atoms in total. The van der Waals surface area contributed by atoms with Crippen molar-refractivity contribution in [2.24, 2.45) is 0 Å². The van der Waals surface area contributed by atoms with Crippen molar-refractivity contribution in [2.45, 2.75) is 0 Å². The van der Waals surface area contributed by atoms with Gasteiger partial charge in [0.15, 0.2) is 0 Å². The van der Waals surface area contributed by atoms with Gasteiger partial charge in [-0.2, -0.15) is 0 Å². The van der Waals surface area contributed by atoms with E-state index in [4.69, 9.17) is 20.4 Å². The summed E-state index contributed by atoms with van der Waals surface area (Å²) >= 11 is 0. The molecule has 3 aromatic carbocycles. The number of rotatable bonds is 7. The maximum atomic E-state index is 10.7. The van der Waals surface area contributed by atoms with Gasteiger partial charge < -0.3 is 20.4 Å². The zero-order valence-electron chi connectivity index (χ0n) is 18.5. The summed E-state index contributed by atoms with van der Waals surface area (Å²) in [6.07, 6.45) is 3.45. The van der Waals surface area contributed by atoms with Gasteiger partial charge >= 0.3 is 23.9 Å². The van der Waals surface area contributed by atoms with Gasteiger partial charge in [-0.3, -0.25) is 9.59 Å². The van der Waals surface area contributed by atoms with Crippen LogP contribution in [0, 0.1) is 0 Å². The first-order chi connectivity index (χ1) is 17.1. The molecule has 10 heteroatoms. The zero-order chi connectivity index (χ0) is 27.1. The fraction of sp³-hybridized carbons (Fsp3) is 0. The molecule has 36 heavy (non-hydrogen) atoms. The molecule has 0 fully saturated rings. The van der Waals surface area contributed by atoms with Crippen LogP contribution in [0.15, 0.2) is 78.9 Å². The van der Waals surface area contributed by atoms with Gasteiger partial charge in [-0.15, -0.1) is 0 Å².